The van der Waals surface area contributed by atoms with Gasteiger partial charge in [-0.2, -0.15) is 0 Å². The summed E-state index contributed by atoms with van der Waals surface area (Å²) in [6.07, 6.45) is 0. The lowest BCUT2D eigenvalue weighted by Crippen LogP contribution is -2.03. The second kappa shape index (κ2) is 11.1. The van der Waals surface area contributed by atoms with Crippen molar-refractivity contribution < 1.29 is 4.42 Å². The van der Waals surface area contributed by atoms with E-state index in [1.807, 2.05) is 23.5 Å². The summed E-state index contributed by atoms with van der Waals surface area (Å²) < 4.78 is 13.9. The summed E-state index contributed by atoms with van der Waals surface area (Å²) in [5.41, 5.74) is 9.61. The molecule has 5 nitrogen and oxygen atoms in total. The number of rotatable bonds is 3. The van der Waals surface area contributed by atoms with Crippen molar-refractivity contribution in [3.05, 3.63) is 170 Å². The van der Waals surface area contributed by atoms with E-state index in [0.717, 1.165) is 60.9 Å². The predicted octanol–water partition coefficient (Wildman–Crippen LogP) is 13.8. The Labute approximate surface area is 322 Å². The van der Waals surface area contributed by atoms with Crippen LogP contribution in [-0.2, 0) is 0 Å². The monoisotopic (exact) mass is 732 g/mol. The maximum absolute atomic E-state index is 6.69. The van der Waals surface area contributed by atoms with Gasteiger partial charge < -0.3 is 8.98 Å². The second-order valence-corrected chi connectivity index (χ2v) is 15.5. The zero-order valence-corrected chi connectivity index (χ0v) is 30.6. The molecule has 0 fully saturated rings. The summed E-state index contributed by atoms with van der Waals surface area (Å²) in [6.45, 7) is 0. The van der Waals surface area contributed by atoms with Gasteiger partial charge in [0.1, 0.15) is 16.8 Å². The van der Waals surface area contributed by atoms with E-state index in [4.69, 9.17) is 14.4 Å². The molecule has 0 bridgehead atoms. The summed E-state index contributed by atoms with van der Waals surface area (Å²) in [6, 6.07) is 60.4. The highest BCUT2D eigenvalue weighted by Gasteiger charge is 2.25. The van der Waals surface area contributed by atoms with E-state index in [2.05, 4.69) is 167 Å². The van der Waals surface area contributed by atoms with Crippen molar-refractivity contribution in [2.24, 2.45) is 0 Å². The van der Waals surface area contributed by atoms with Gasteiger partial charge in [-0.15, -0.1) is 11.3 Å². The van der Waals surface area contributed by atoms with Crippen molar-refractivity contribution in [1.82, 2.24) is 19.1 Å². The first-order chi connectivity index (χ1) is 27.8. The summed E-state index contributed by atoms with van der Waals surface area (Å²) in [5.74, 6) is 0.615. The molecule has 6 heteroatoms. The van der Waals surface area contributed by atoms with E-state index in [9.17, 15) is 0 Å². The van der Waals surface area contributed by atoms with Crippen LogP contribution in [0, 0.1) is 0 Å². The van der Waals surface area contributed by atoms with Crippen molar-refractivity contribution in [2.45, 2.75) is 0 Å². The molecule has 0 aliphatic rings. The lowest BCUT2D eigenvalue weighted by molar-refractivity contribution is 0.666. The molecule has 5 heterocycles. The molecule has 0 N–H and O–H groups in total. The number of para-hydroxylation sites is 4. The molecule has 0 radical (unpaired) electrons. The zero-order valence-electron chi connectivity index (χ0n) is 29.8. The number of aromatic nitrogens is 4. The van der Waals surface area contributed by atoms with E-state index in [0.29, 0.717) is 11.5 Å². The fourth-order valence-corrected chi connectivity index (χ4v) is 10.4. The summed E-state index contributed by atoms with van der Waals surface area (Å²) in [7, 11) is 0. The van der Waals surface area contributed by atoms with Gasteiger partial charge in [-0.05, 0) is 60.0 Å². The molecular weight excluding hydrogens is 705 g/mol. The molecule has 13 aromatic rings. The van der Waals surface area contributed by atoms with Gasteiger partial charge in [-0.3, -0.25) is 4.57 Å². The van der Waals surface area contributed by atoms with Crippen LogP contribution < -0.4 is 0 Å². The molecule has 0 aliphatic heterocycles. The molecule has 0 atom stereocenters. The smallest absolute Gasteiger partial charge is 0.236 e. The van der Waals surface area contributed by atoms with Crippen LogP contribution in [0.3, 0.4) is 0 Å². The van der Waals surface area contributed by atoms with Crippen molar-refractivity contribution in [3.8, 4) is 22.9 Å². The van der Waals surface area contributed by atoms with Gasteiger partial charge in [0.15, 0.2) is 5.58 Å². The average Bonchev–Trinajstić information content (AvgIpc) is 4.01. The van der Waals surface area contributed by atoms with Crippen LogP contribution in [0.15, 0.2) is 174 Å². The van der Waals surface area contributed by atoms with Crippen LogP contribution in [-0.4, -0.2) is 19.1 Å². The minimum absolute atomic E-state index is 0.615. The van der Waals surface area contributed by atoms with Crippen LogP contribution in [0.25, 0.3) is 120 Å². The van der Waals surface area contributed by atoms with E-state index in [-0.39, 0.29) is 0 Å². The van der Waals surface area contributed by atoms with Crippen molar-refractivity contribution in [2.75, 3.05) is 0 Å². The number of hydrogen-bond acceptors (Lipinski definition) is 4. The number of nitrogens with zero attached hydrogens (tertiary/aromatic N) is 4. The molecule has 0 unspecified atom stereocenters. The lowest BCUT2D eigenvalue weighted by atomic mass is 10.00. The van der Waals surface area contributed by atoms with Gasteiger partial charge in [0.25, 0.3) is 0 Å². The number of fused-ring (bicyclic) bond motifs is 16. The summed E-state index contributed by atoms with van der Waals surface area (Å²) in [5, 5.41) is 10.7. The van der Waals surface area contributed by atoms with Gasteiger partial charge in [-0.25, -0.2) is 9.97 Å². The Bertz CT molecular complexity index is 3770. The molecule has 56 heavy (non-hydrogen) atoms. The van der Waals surface area contributed by atoms with Crippen LogP contribution in [0.1, 0.15) is 0 Å². The average molecular weight is 733 g/mol. The Hall–Kier alpha value is -7.28. The van der Waals surface area contributed by atoms with Crippen LogP contribution in [0.2, 0.25) is 0 Å². The second-order valence-electron chi connectivity index (χ2n) is 14.5. The first-order valence-electron chi connectivity index (χ1n) is 18.8. The molecule has 0 aliphatic carbocycles. The van der Waals surface area contributed by atoms with E-state index >= 15 is 0 Å². The molecule has 8 aromatic carbocycles. The molecule has 0 saturated carbocycles. The molecule has 260 valence electrons. The minimum Gasteiger partial charge on any atom is -0.452 e. The fraction of sp³-hybridized carbons (Fsp3) is 0. The largest absolute Gasteiger partial charge is 0.452 e. The third-order valence-corrected chi connectivity index (χ3v) is 12.7. The normalized spacial score (nSPS) is 12.3. The molecule has 5 aromatic heterocycles. The zero-order chi connectivity index (χ0) is 36.5. The molecule has 0 saturated heterocycles. The highest BCUT2D eigenvalue weighted by molar-refractivity contribution is 7.27. The summed E-state index contributed by atoms with van der Waals surface area (Å²) in [4.78, 5) is 11.0. The number of thiophene rings is 1. The van der Waals surface area contributed by atoms with Gasteiger partial charge in [0.2, 0.25) is 5.95 Å². The maximum Gasteiger partial charge on any atom is 0.236 e. The van der Waals surface area contributed by atoms with E-state index < -0.39 is 0 Å². The van der Waals surface area contributed by atoms with Crippen molar-refractivity contribution in [3.63, 3.8) is 0 Å². The predicted molar refractivity (Wildman–Crippen MR) is 234 cm³/mol. The van der Waals surface area contributed by atoms with Gasteiger partial charge in [0.05, 0.1) is 22.1 Å². The minimum atomic E-state index is 0.615. The van der Waals surface area contributed by atoms with Gasteiger partial charge >= 0.3 is 0 Å². The molecular formula is C50H28N4OS. The fourth-order valence-electron chi connectivity index (χ4n) is 9.18. The number of benzene rings is 8. The van der Waals surface area contributed by atoms with E-state index in [1.165, 1.54) is 47.1 Å². The SMILES string of the molecule is c1ccc(-n2c3ccccc3c3cc(-c4nc(-n5c6ccccc6c6c7ccccc7c7sc8ccccc8c7c65)nc5c4oc4ccccc45)ccc32)cc1. The standard InChI is InChI=1S/C50H28N4OS/c1-2-14-30(15-3-1)53-38-22-10-6-16-31(38)37-28-29(26-27-40(37)53)45-48-46(35-20-8-12-24-41(35)55-48)52-50(51-45)54-39-23-11-7-19-34(39)43-32-17-4-5-18-33(32)49-44(47(43)54)36-21-9-13-25-42(36)56-49/h1-28H. The number of furan rings is 1. The Morgan fingerprint density at radius 2 is 1.11 bits per heavy atom. The van der Waals surface area contributed by atoms with Crippen LogP contribution in [0.4, 0.5) is 0 Å². The quantitative estimate of drug-likeness (QED) is 0.182. The van der Waals surface area contributed by atoms with Crippen molar-refractivity contribution >= 4 is 108 Å². The maximum atomic E-state index is 6.69. The first-order valence-corrected chi connectivity index (χ1v) is 19.7. The molecule has 13 rings (SSSR count). The molecule has 0 spiro atoms. The molecule has 0 amide bonds. The highest BCUT2D eigenvalue weighted by atomic mass is 32.1. The van der Waals surface area contributed by atoms with E-state index in [1.54, 1.807) is 0 Å². The van der Waals surface area contributed by atoms with Crippen LogP contribution in [0.5, 0.6) is 0 Å². The van der Waals surface area contributed by atoms with Gasteiger partial charge in [0, 0.05) is 63.7 Å². The Morgan fingerprint density at radius 3 is 1.95 bits per heavy atom. The number of hydrogen-bond donors (Lipinski definition) is 0. The third kappa shape index (κ3) is 3.98. The summed E-state index contributed by atoms with van der Waals surface area (Å²) >= 11 is 1.86. The lowest BCUT2D eigenvalue weighted by Gasteiger charge is -2.11. The third-order valence-electron chi connectivity index (χ3n) is 11.5. The highest BCUT2D eigenvalue weighted by Crippen LogP contribution is 2.48. The first kappa shape index (κ1) is 30.1. The Kier molecular flexibility index (Phi) is 5.98. The topological polar surface area (TPSA) is 48.8 Å². The van der Waals surface area contributed by atoms with Crippen molar-refractivity contribution in [1.29, 1.82) is 0 Å². The van der Waals surface area contributed by atoms with Gasteiger partial charge in [-0.1, -0.05) is 115 Å². The Balaban J connectivity index is 1.19. The Morgan fingerprint density at radius 1 is 0.464 bits per heavy atom. The van der Waals surface area contributed by atoms with Crippen LogP contribution >= 0.6 is 11.3 Å².